The van der Waals surface area contributed by atoms with Crippen LogP contribution < -0.4 is 4.18 Å². The van der Waals surface area contributed by atoms with Crippen LogP contribution in [-0.2, 0) is 20.9 Å². The Morgan fingerprint density at radius 2 is 0.679 bits per heavy atom. The highest BCUT2D eigenvalue weighted by atomic mass is 32.2. The first-order valence-corrected chi connectivity index (χ1v) is 26.0. The van der Waals surface area contributed by atoms with E-state index in [2.05, 4.69) is 13.8 Å². The zero-order valence-electron chi connectivity index (χ0n) is 38.9. The average Bonchev–Trinajstić information content (AvgIpc) is 3.13. The first-order chi connectivity index (χ1) is 26.7. The highest BCUT2D eigenvalue weighted by Gasteiger charge is 2.31. The lowest BCUT2D eigenvalue weighted by Crippen LogP contribution is -2.27. The summed E-state index contributed by atoms with van der Waals surface area (Å²) in [5, 5.41) is 10.7. The minimum atomic E-state index is -3.84. The smallest absolute Gasteiger partial charge is 0.312 e. The van der Waals surface area contributed by atoms with E-state index in [0.717, 1.165) is 36.8 Å². The van der Waals surface area contributed by atoms with Crippen LogP contribution in [0.1, 0.15) is 285 Å². The van der Waals surface area contributed by atoms with Crippen LogP contribution in [0, 0.1) is 0 Å². The van der Waals surface area contributed by atoms with E-state index in [1.165, 1.54) is 180 Å². The van der Waals surface area contributed by atoms with Crippen LogP contribution in [0.25, 0.3) is 0 Å². The third-order valence-corrected chi connectivity index (χ3v) is 13.8. The summed E-state index contributed by atoms with van der Waals surface area (Å²) in [5.74, 6) is 0.578. The minimum Gasteiger partial charge on any atom is -0.507 e. The van der Waals surface area contributed by atoms with Gasteiger partial charge >= 0.3 is 10.1 Å². The van der Waals surface area contributed by atoms with Crippen molar-refractivity contribution in [3.63, 3.8) is 0 Å². The second-order valence-electron chi connectivity index (χ2n) is 19.7. The fraction of sp³-hybridized carbons (Fsp3) is 0.882. The molecule has 0 heterocycles. The Kier molecular flexibility index (Phi) is 29.8. The number of benzene rings is 1. The average molecular weight is 805 g/mol. The molecule has 56 heavy (non-hydrogen) atoms. The normalized spacial score (nSPS) is 12.6. The lowest BCUT2D eigenvalue weighted by molar-refractivity contribution is 0.415. The zero-order valence-corrected chi connectivity index (χ0v) is 39.7. The van der Waals surface area contributed by atoms with E-state index < -0.39 is 15.4 Å². The molecule has 0 unspecified atom stereocenters. The maximum Gasteiger partial charge on any atom is 0.312 e. The van der Waals surface area contributed by atoms with Crippen molar-refractivity contribution < 1.29 is 17.7 Å². The molecule has 0 aliphatic rings. The van der Waals surface area contributed by atoms with Gasteiger partial charge in [-0.05, 0) is 35.8 Å². The van der Waals surface area contributed by atoms with Gasteiger partial charge in [0.25, 0.3) is 0 Å². The van der Waals surface area contributed by atoms with Crippen LogP contribution in [0.2, 0.25) is 0 Å². The summed E-state index contributed by atoms with van der Waals surface area (Å²) in [5.41, 5.74) is 0.742. The molecule has 1 aromatic rings. The third kappa shape index (κ3) is 26.0. The van der Waals surface area contributed by atoms with Crippen molar-refractivity contribution in [2.75, 3.05) is 0 Å². The Hall–Kier alpha value is -1.23. The van der Waals surface area contributed by atoms with Crippen LogP contribution in [0.5, 0.6) is 11.5 Å². The summed E-state index contributed by atoms with van der Waals surface area (Å²) < 4.78 is 34.0. The van der Waals surface area contributed by atoms with Crippen LogP contribution in [-0.4, -0.2) is 18.8 Å². The first kappa shape index (κ1) is 52.8. The van der Waals surface area contributed by atoms with Crippen LogP contribution in [0.3, 0.4) is 0 Å². The second-order valence-corrected chi connectivity index (χ2v) is 21.6. The Labute approximate surface area is 351 Å². The van der Waals surface area contributed by atoms with Crippen molar-refractivity contribution in [3.05, 3.63) is 23.3 Å². The van der Waals surface area contributed by atoms with Gasteiger partial charge in [-0.25, -0.2) is 0 Å². The van der Waals surface area contributed by atoms with E-state index in [-0.39, 0.29) is 16.6 Å². The molecule has 0 bridgehead atoms. The lowest BCUT2D eigenvalue weighted by atomic mass is 9.79. The van der Waals surface area contributed by atoms with Gasteiger partial charge in [0.15, 0.2) is 0 Å². The number of rotatable bonds is 37. The zero-order chi connectivity index (χ0) is 41.5. The fourth-order valence-electron chi connectivity index (χ4n) is 8.27. The van der Waals surface area contributed by atoms with E-state index in [9.17, 15) is 13.5 Å². The quantitative estimate of drug-likeness (QED) is 0.0537. The van der Waals surface area contributed by atoms with Crippen molar-refractivity contribution in [1.82, 2.24) is 0 Å². The molecule has 0 saturated heterocycles. The van der Waals surface area contributed by atoms with Crippen LogP contribution in [0.4, 0.5) is 0 Å². The molecule has 4 nitrogen and oxygen atoms in total. The summed E-state index contributed by atoms with van der Waals surface area (Å²) in [6.07, 6.45) is 43.4. The van der Waals surface area contributed by atoms with Gasteiger partial charge in [0.2, 0.25) is 0 Å². The predicted octanol–water partition coefficient (Wildman–Crippen LogP) is 17.4. The molecule has 1 N–H and O–H groups in total. The van der Waals surface area contributed by atoms with E-state index >= 15 is 0 Å². The molecule has 0 radical (unpaired) electrons. The van der Waals surface area contributed by atoms with E-state index in [1.54, 1.807) is 12.1 Å². The van der Waals surface area contributed by atoms with Crippen LogP contribution >= 0.6 is 0 Å². The van der Waals surface area contributed by atoms with Crippen molar-refractivity contribution in [1.29, 1.82) is 0 Å². The number of hydrogen-bond acceptors (Lipinski definition) is 4. The van der Waals surface area contributed by atoms with Crippen LogP contribution in [0.15, 0.2) is 12.1 Å². The van der Waals surface area contributed by atoms with Crippen molar-refractivity contribution >= 4 is 10.1 Å². The minimum absolute atomic E-state index is 0.243. The summed E-state index contributed by atoms with van der Waals surface area (Å²) in [6, 6.07) is 3.50. The van der Waals surface area contributed by atoms with Gasteiger partial charge in [-0.15, -0.1) is 0 Å². The topological polar surface area (TPSA) is 63.6 Å². The Morgan fingerprint density at radius 3 is 0.911 bits per heavy atom. The molecule has 0 aliphatic carbocycles. The molecule has 330 valence electrons. The van der Waals surface area contributed by atoms with E-state index in [0.29, 0.717) is 18.6 Å². The first-order valence-electron chi connectivity index (χ1n) is 24.5. The van der Waals surface area contributed by atoms with Gasteiger partial charge in [-0.2, -0.15) is 8.42 Å². The number of hydrogen-bond donors (Lipinski definition) is 1. The molecule has 0 fully saturated rings. The van der Waals surface area contributed by atoms with Gasteiger partial charge in [0, 0.05) is 11.1 Å². The summed E-state index contributed by atoms with van der Waals surface area (Å²) in [4.78, 5) is 0. The largest absolute Gasteiger partial charge is 0.507 e. The SMILES string of the molecule is CCCCCCCCCCCCCCCCCCC(CCCCCCCCCCCCCCCCCC)S(=O)(=O)Oc1cc(C(C)(C)C)c(O)c(C(C)(C)C)c1. The highest BCUT2D eigenvalue weighted by molar-refractivity contribution is 7.87. The summed E-state index contributed by atoms with van der Waals surface area (Å²) >= 11 is 0. The third-order valence-electron chi connectivity index (χ3n) is 12.1. The number of phenolic OH excluding ortho intramolecular Hbond substituents is 1. The van der Waals surface area contributed by atoms with Gasteiger partial charge in [0.1, 0.15) is 11.5 Å². The van der Waals surface area contributed by atoms with Gasteiger partial charge in [0.05, 0.1) is 5.25 Å². The number of aromatic hydroxyl groups is 1. The second kappa shape index (κ2) is 31.7. The summed E-state index contributed by atoms with van der Waals surface area (Å²) in [6.45, 7) is 16.8. The van der Waals surface area contributed by atoms with E-state index in [4.69, 9.17) is 4.18 Å². The molecule has 1 rings (SSSR count). The molecule has 0 aliphatic heterocycles. The van der Waals surface area contributed by atoms with Crippen molar-refractivity contribution in [2.45, 2.75) is 290 Å². The van der Waals surface area contributed by atoms with Gasteiger partial charge < -0.3 is 9.29 Å². The monoisotopic (exact) mass is 805 g/mol. The van der Waals surface area contributed by atoms with Crippen molar-refractivity contribution in [2.24, 2.45) is 0 Å². The maximum atomic E-state index is 14.0. The predicted molar refractivity (Wildman–Crippen MR) is 247 cm³/mol. The molecule has 5 heteroatoms. The van der Waals surface area contributed by atoms with Crippen molar-refractivity contribution in [3.8, 4) is 11.5 Å². The Balaban J connectivity index is 2.58. The number of phenols is 1. The highest BCUT2D eigenvalue weighted by Crippen LogP contribution is 2.42. The van der Waals surface area contributed by atoms with Gasteiger partial charge in [-0.3, -0.25) is 0 Å². The molecular weight excluding hydrogens is 709 g/mol. The molecule has 0 saturated carbocycles. The Bertz CT molecular complexity index is 1100. The Morgan fingerprint density at radius 1 is 0.446 bits per heavy atom. The molecular formula is C51H96O4S. The molecule has 0 atom stereocenters. The fourth-order valence-corrected chi connectivity index (χ4v) is 9.69. The lowest BCUT2D eigenvalue weighted by Gasteiger charge is -2.28. The maximum absolute atomic E-state index is 14.0. The number of unbranched alkanes of at least 4 members (excludes halogenated alkanes) is 30. The van der Waals surface area contributed by atoms with E-state index in [1.807, 2.05) is 41.5 Å². The summed E-state index contributed by atoms with van der Waals surface area (Å²) in [7, 11) is -3.84. The molecule has 0 aromatic heterocycles. The molecule has 0 amide bonds. The van der Waals surface area contributed by atoms with Gasteiger partial charge in [-0.1, -0.05) is 261 Å². The molecule has 1 aromatic carbocycles. The standard InChI is InChI=1S/C51H96O4S/c1-9-11-13-15-17-19-21-23-25-27-29-31-33-35-37-39-41-46(42-40-38-36-34-32-30-28-26-24-22-20-18-16-14-12-10-2)56(53,54)55-45-43-47(50(3,4)5)49(52)48(44-45)51(6,7)8/h43-44,46,52H,9-42H2,1-8H3. The molecule has 0 spiro atoms.